The molecule has 0 spiro atoms. The summed E-state index contributed by atoms with van der Waals surface area (Å²) in [5.41, 5.74) is 1.38. The van der Waals surface area contributed by atoms with Crippen molar-refractivity contribution >= 4 is 50.5 Å². The van der Waals surface area contributed by atoms with Crippen LogP contribution >= 0.6 is 27.7 Å². The number of rotatable bonds is 2. The van der Waals surface area contributed by atoms with Gasteiger partial charge in [0.2, 0.25) is 0 Å². The van der Waals surface area contributed by atoms with Crippen LogP contribution in [0.5, 0.6) is 0 Å². The van der Waals surface area contributed by atoms with E-state index in [1.807, 2.05) is 24.3 Å². The Hall–Kier alpha value is -1.92. The van der Waals surface area contributed by atoms with Crippen LogP contribution in [-0.4, -0.2) is 11.1 Å². The summed E-state index contributed by atoms with van der Waals surface area (Å²) in [5.74, 6) is -0.566. The molecular formula is C16H10BrFN2OS. The zero-order valence-electron chi connectivity index (χ0n) is 11.2. The van der Waals surface area contributed by atoms with Gasteiger partial charge < -0.3 is 5.32 Å². The van der Waals surface area contributed by atoms with Crippen molar-refractivity contribution in [2.24, 2.45) is 4.99 Å². The Kier molecular flexibility index (Phi) is 4.40. The third kappa shape index (κ3) is 3.64. The number of thioether (sulfide) groups is 1. The molecule has 0 unspecified atom stereocenters. The zero-order chi connectivity index (χ0) is 15.5. The molecule has 2 aromatic rings. The maximum Gasteiger partial charge on any atom is 0.264 e. The Morgan fingerprint density at radius 3 is 2.77 bits per heavy atom. The van der Waals surface area contributed by atoms with E-state index in [2.05, 4.69) is 26.2 Å². The van der Waals surface area contributed by atoms with E-state index in [-0.39, 0.29) is 11.7 Å². The van der Waals surface area contributed by atoms with Crippen LogP contribution in [0.25, 0.3) is 6.08 Å². The topological polar surface area (TPSA) is 41.5 Å². The number of halogens is 2. The van der Waals surface area contributed by atoms with Crippen molar-refractivity contribution in [1.29, 1.82) is 0 Å². The fourth-order valence-electron chi connectivity index (χ4n) is 1.89. The number of nitrogens with one attached hydrogen (secondary N) is 1. The second kappa shape index (κ2) is 6.46. The highest BCUT2D eigenvalue weighted by Crippen LogP contribution is 2.28. The van der Waals surface area contributed by atoms with Crippen molar-refractivity contribution in [2.75, 3.05) is 0 Å². The number of benzene rings is 2. The van der Waals surface area contributed by atoms with Gasteiger partial charge in [-0.25, -0.2) is 9.38 Å². The maximum atomic E-state index is 13.2. The SMILES string of the molecule is O=C1NC(=Nc2cccc(Br)c2)S/C1=C\c1cccc(F)c1. The van der Waals surface area contributed by atoms with Gasteiger partial charge in [0, 0.05) is 4.47 Å². The third-order valence-corrected chi connectivity index (χ3v) is 4.24. The third-order valence-electron chi connectivity index (χ3n) is 2.84. The van der Waals surface area contributed by atoms with Crippen LogP contribution in [0.1, 0.15) is 5.56 Å². The van der Waals surface area contributed by atoms with Gasteiger partial charge in [-0.05, 0) is 53.7 Å². The number of carbonyl (C=O) groups excluding carboxylic acids is 1. The molecule has 0 saturated carbocycles. The first-order valence-corrected chi connectivity index (χ1v) is 8.02. The van der Waals surface area contributed by atoms with E-state index in [0.717, 1.165) is 10.2 Å². The molecule has 0 aromatic heterocycles. The first-order valence-electron chi connectivity index (χ1n) is 6.41. The number of nitrogens with zero attached hydrogens (tertiary/aromatic N) is 1. The normalized spacial score (nSPS) is 18.0. The molecule has 6 heteroatoms. The minimum atomic E-state index is -0.333. The van der Waals surface area contributed by atoms with E-state index in [9.17, 15) is 9.18 Å². The predicted molar refractivity (Wildman–Crippen MR) is 91.3 cm³/mol. The van der Waals surface area contributed by atoms with Crippen LogP contribution in [0.2, 0.25) is 0 Å². The molecule has 1 heterocycles. The van der Waals surface area contributed by atoms with Crippen molar-refractivity contribution in [3.05, 3.63) is 69.3 Å². The zero-order valence-corrected chi connectivity index (χ0v) is 13.6. The second-order valence-corrected chi connectivity index (χ2v) is 6.46. The average Bonchev–Trinajstić information content (AvgIpc) is 2.79. The lowest BCUT2D eigenvalue weighted by Crippen LogP contribution is -2.19. The summed E-state index contributed by atoms with van der Waals surface area (Å²) in [5, 5.41) is 3.21. The summed E-state index contributed by atoms with van der Waals surface area (Å²) < 4.78 is 14.1. The summed E-state index contributed by atoms with van der Waals surface area (Å²) in [4.78, 5) is 16.8. The van der Waals surface area contributed by atoms with Crippen LogP contribution in [0.4, 0.5) is 10.1 Å². The second-order valence-electron chi connectivity index (χ2n) is 4.52. The molecule has 1 aliphatic heterocycles. The molecule has 22 heavy (non-hydrogen) atoms. The molecule has 2 aromatic carbocycles. The van der Waals surface area contributed by atoms with Crippen molar-refractivity contribution in [3.63, 3.8) is 0 Å². The standard InChI is InChI=1S/C16H10BrFN2OS/c17-11-4-2-6-13(9-11)19-16-20-15(21)14(22-16)8-10-3-1-5-12(18)7-10/h1-9H,(H,19,20,21)/b14-8-. The highest BCUT2D eigenvalue weighted by molar-refractivity contribution is 9.10. The maximum absolute atomic E-state index is 13.2. The predicted octanol–water partition coefficient (Wildman–Crippen LogP) is 4.48. The molecule has 3 nitrogen and oxygen atoms in total. The van der Waals surface area contributed by atoms with Crippen LogP contribution in [-0.2, 0) is 4.79 Å². The molecule has 0 radical (unpaired) electrons. The molecule has 1 amide bonds. The van der Waals surface area contributed by atoms with Gasteiger partial charge in [0.1, 0.15) is 5.82 Å². The van der Waals surface area contributed by atoms with Crippen molar-refractivity contribution in [3.8, 4) is 0 Å². The van der Waals surface area contributed by atoms with Crippen LogP contribution in [0, 0.1) is 5.82 Å². The molecule has 1 saturated heterocycles. The number of aliphatic imine (C=N–C) groups is 1. The van der Waals surface area contributed by atoms with E-state index >= 15 is 0 Å². The van der Waals surface area contributed by atoms with E-state index in [1.165, 1.54) is 23.9 Å². The molecule has 1 N–H and O–H groups in total. The molecule has 1 fully saturated rings. The molecule has 3 rings (SSSR count). The first-order chi connectivity index (χ1) is 10.6. The van der Waals surface area contributed by atoms with E-state index in [0.29, 0.717) is 15.6 Å². The van der Waals surface area contributed by atoms with E-state index in [4.69, 9.17) is 0 Å². The number of amides is 1. The lowest BCUT2D eigenvalue weighted by atomic mass is 10.2. The lowest BCUT2D eigenvalue weighted by molar-refractivity contribution is -0.115. The fourth-order valence-corrected chi connectivity index (χ4v) is 3.12. The quantitative estimate of drug-likeness (QED) is 0.785. The fraction of sp³-hybridized carbons (Fsp3) is 0. The van der Waals surface area contributed by atoms with E-state index < -0.39 is 0 Å². The lowest BCUT2D eigenvalue weighted by Gasteiger charge is -1.96. The van der Waals surface area contributed by atoms with Gasteiger partial charge in [0.25, 0.3) is 5.91 Å². The van der Waals surface area contributed by atoms with Crippen LogP contribution in [0.3, 0.4) is 0 Å². The van der Waals surface area contributed by atoms with Gasteiger partial charge in [-0.2, -0.15) is 0 Å². The van der Waals surface area contributed by atoms with Gasteiger partial charge >= 0.3 is 0 Å². The van der Waals surface area contributed by atoms with Crippen molar-refractivity contribution in [2.45, 2.75) is 0 Å². The number of carbonyl (C=O) groups is 1. The highest BCUT2D eigenvalue weighted by Gasteiger charge is 2.23. The smallest absolute Gasteiger partial charge is 0.264 e. The molecule has 1 aliphatic rings. The number of amidine groups is 1. The molecular weight excluding hydrogens is 367 g/mol. The molecule has 0 aliphatic carbocycles. The van der Waals surface area contributed by atoms with Gasteiger partial charge in [-0.15, -0.1) is 0 Å². The van der Waals surface area contributed by atoms with Crippen molar-refractivity contribution < 1.29 is 9.18 Å². The Morgan fingerprint density at radius 1 is 1.18 bits per heavy atom. The molecule has 0 bridgehead atoms. The summed E-state index contributed by atoms with van der Waals surface area (Å²) >= 11 is 4.61. The average molecular weight is 377 g/mol. The largest absolute Gasteiger partial charge is 0.300 e. The minimum absolute atomic E-state index is 0.233. The van der Waals surface area contributed by atoms with Gasteiger partial charge in [0.15, 0.2) is 5.17 Å². The molecule has 110 valence electrons. The van der Waals surface area contributed by atoms with E-state index in [1.54, 1.807) is 18.2 Å². The Balaban J connectivity index is 1.84. The summed E-state index contributed by atoms with van der Waals surface area (Å²) in [6, 6.07) is 13.6. The minimum Gasteiger partial charge on any atom is -0.300 e. The highest BCUT2D eigenvalue weighted by atomic mass is 79.9. The Morgan fingerprint density at radius 2 is 2.00 bits per heavy atom. The van der Waals surface area contributed by atoms with Gasteiger partial charge in [-0.3, -0.25) is 4.79 Å². The van der Waals surface area contributed by atoms with Crippen molar-refractivity contribution in [1.82, 2.24) is 5.32 Å². The summed E-state index contributed by atoms with van der Waals surface area (Å²) in [6.45, 7) is 0. The number of hydrogen-bond donors (Lipinski definition) is 1. The number of hydrogen-bond acceptors (Lipinski definition) is 3. The van der Waals surface area contributed by atoms with Crippen LogP contribution < -0.4 is 5.32 Å². The van der Waals surface area contributed by atoms with Gasteiger partial charge in [-0.1, -0.05) is 34.1 Å². The first kappa shape index (κ1) is 15.0. The Labute approximate surface area is 139 Å². The van der Waals surface area contributed by atoms with Gasteiger partial charge in [0.05, 0.1) is 10.6 Å². The van der Waals surface area contributed by atoms with Crippen LogP contribution in [0.15, 0.2) is 62.9 Å². The summed E-state index contributed by atoms with van der Waals surface area (Å²) in [7, 11) is 0. The monoisotopic (exact) mass is 376 g/mol. The Bertz CT molecular complexity index is 804. The molecule has 0 atom stereocenters. The summed E-state index contributed by atoms with van der Waals surface area (Å²) in [6.07, 6.45) is 1.65.